The average Bonchev–Trinajstić information content (AvgIpc) is 3.49. The van der Waals surface area contributed by atoms with E-state index in [1.807, 2.05) is 36.4 Å². The number of amides is 1. The minimum absolute atomic E-state index is 0.0243. The predicted octanol–water partition coefficient (Wildman–Crippen LogP) is 4.32. The van der Waals surface area contributed by atoms with E-state index in [9.17, 15) is 13.2 Å². The van der Waals surface area contributed by atoms with Gasteiger partial charge in [-0.05, 0) is 37.3 Å². The van der Waals surface area contributed by atoms with Crippen LogP contribution in [0.2, 0.25) is 0 Å². The molecule has 1 fully saturated rings. The molecule has 4 rings (SSSR count). The van der Waals surface area contributed by atoms with Gasteiger partial charge < -0.3 is 9.73 Å². The highest BCUT2D eigenvalue weighted by Crippen LogP contribution is 2.28. The number of furan rings is 1. The third kappa shape index (κ3) is 4.79. The average molecular weight is 453 g/mol. The van der Waals surface area contributed by atoms with E-state index in [2.05, 4.69) is 29.6 Å². The maximum Gasteiger partial charge on any atom is 0.287 e. The third-order valence-corrected chi connectivity index (χ3v) is 7.91. The summed E-state index contributed by atoms with van der Waals surface area (Å²) in [6.45, 7) is 3.03. The van der Waals surface area contributed by atoms with Crippen molar-refractivity contribution in [1.29, 1.82) is 0 Å². The highest BCUT2D eigenvalue weighted by molar-refractivity contribution is 7.89. The molecule has 0 saturated carbocycles. The Kier molecular flexibility index (Phi) is 6.77. The zero-order valence-corrected chi connectivity index (χ0v) is 19.0. The van der Waals surface area contributed by atoms with E-state index in [0.29, 0.717) is 26.1 Å². The summed E-state index contributed by atoms with van der Waals surface area (Å²) in [7, 11) is -3.63. The third-order valence-electron chi connectivity index (χ3n) is 5.90. The Morgan fingerprint density at radius 3 is 2.12 bits per heavy atom. The number of rotatable bonds is 8. The molecular weight excluding hydrogens is 424 g/mol. The zero-order valence-electron chi connectivity index (χ0n) is 18.2. The summed E-state index contributed by atoms with van der Waals surface area (Å²) < 4.78 is 32.7. The van der Waals surface area contributed by atoms with Crippen molar-refractivity contribution >= 4 is 15.9 Å². The minimum atomic E-state index is -3.63. The van der Waals surface area contributed by atoms with Gasteiger partial charge in [-0.15, -0.1) is 0 Å². The molecule has 32 heavy (non-hydrogen) atoms. The number of sulfonamides is 1. The van der Waals surface area contributed by atoms with E-state index in [1.165, 1.54) is 21.5 Å². The summed E-state index contributed by atoms with van der Waals surface area (Å²) in [5.41, 5.74) is 2.36. The van der Waals surface area contributed by atoms with Crippen LogP contribution in [-0.4, -0.2) is 38.3 Å². The lowest BCUT2D eigenvalue weighted by Gasteiger charge is -2.18. The van der Waals surface area contributed by atoms with E-state index < -0.39 is 15.9 Å². The van der Waals surface area contributed by atoms with Gasteiger partial charge in [0.05, 0.1) is 0 Å². The largest absolute Gasteiger partial charge is 0.455 e. The number of nitrogens with one attached hydrogen (secondary N) is 1. The first kappa shape index (κ1) is 22.3. The van der Waals surface area contributed by atoms with E-state index in [4.69, 9.17) is 4.42 Å². The molecule has 0 radical (unpaired) electrons. The van der Waals surface area contributed by atoms with Crippen LogP contribution >= 0.6 is 0 Å². The molecule has 1 N–H and O–H groups in total. The first-order valence-electron chi connectivity index (χ1n) is 11.0. The van der Waals surface area contributed by atoms with Gasteiger partial charge in [-0.3, -0.25) is 4.79 Å². The van der Waals surface area contributed by atoms with Gasteiger partial charge in [0.1, 0.15) is 10.7 Å². The molecule has 7 heteroatoms. The van der Waals surface area contributed by atoms with E-state index >= 15 is 0 Å². The molecule has 1 aliphatic heterocycles. The zero-order chi connectivity index (χ0) is 22.6. The van der Waals surface area contributed by atoms with Crippen molar-refractivity contribution in [3.05, 3.63) is 89.4 Å². The standard InChI is InChI=1S/C25H28N2O4S/c1-19-24(32(29,30)27-16-8-9-17-27)18-23(31-19)25(28)26-15-14-22(20-10-4-2-5-11-20)21-12-6-3-7-13-21/h2-7,10-13,18,22H,8-9,14-17H2,1H3,(H,26,28). The summed E-state index contributed by atoms with van der Waals surface area (Å²) in [5, 5.41) is 2.89. The van der Waals surface area contributed by atoms with Gasteiger partial charge in [0.15, 0.2) is 5.76 Å². The molecule has 0 aliphatic carbocycles. The van der Waals surface area contributed by atoms with Gasteiger partial charge >= 0.3 is 0 Å². The van der Waals surface area contributed by atoms with E-state index in [-0.39, 0.29) is 22.3 Å². The van der Waals surface area contributed by atoms with Crippen LogP contribution in [0.4, 0.5) is 0 Å². The van der Waals surface area contributed by atoms with Crippen LogP contribution in [-0.2, 0) is 10.0 Å². The first-order valence-corrected chi connectivity index (χ1v) is 12.4. The Hall–Kier alpha value is -2.90. The van der Waals surface area contributed by atoms with Gasteiger partial charge in [0.25, 0.3) is 5.91 Å². The second-order valence-corrected chi connectivity index (χ2v) is 9.97. The van der Waals surface area contributed by atoms with Gasteiger partial charge in [-0.1, -0.05) is 60.7 Å². The molecule has 1 aliphatic rings. The van der Waals surface area contributed by atoms with Crippen LogP contribution in [0, 0.1) is 6.92 Å². The van der Waals surface area contributed by atoms with Crippen LogP contribution in [0.25, 0.3) is 0 Å². The van der Waals surface area contributed by atoms with Crippen molar-refractivity contribution in [2.45, 2.75) is 37.0 Å². The number of aryl methyl sites for hydroxylation is 1. The number of carbonyl (C=O) groups excluding carboxylic acids is 1. The molecule has 168 valence electrons. The molecule has 0 spiro atoms. The molecule has 2 heterocycles. The Bertz CT molecular complexity index is 1110. The van der Waals surface area contributed by atoms with Gasteiger partial charge in [0, 0.05) is 31.6 Å². The number of hydrogen-bond donors (Lipinski definition) is 1. The SMILES string of the molecule is Cc1oc(C(=O)NCCC(c2ccccc2)c2ccccc2)cc1S(=O)(=O)N1CCCC1. The molecule has 1 aromatic heterocycles. The minimum Gasteiger partial charge on any atom is -0.455 e. The molecule has 1 saturated heterocycles. The fraction of sp³-hybridized carbons (Fsp3) is 0.320. The van der Waals surface area contributed by atoms with Crippen molar-refractivity contribution in [2.75, 3.05) is 19.6 Å². The van der Waals surface area contributed by atoms with Gasteiger partial charge in [0.2, 0.25) is 10.0 Å². The van der Waals surface area contributed by atoms with Crippen molar-refractivity contribution in [3.8, 4) is 0 Å². The van der Waals surface area contributed by atoms with Crippen LogP contribution in [0.1, 0.15) is 52.6 Å². The fourth-order valence-corrected chi connectivity index (χ4v) is 5.89. The summed E-state index contributed by atoms with van der Waals surface area (Å²) in [6.07, 6.45) is 2.42. The van der Waals surface area contributed by atoms with Crippen molar-refractivity contribution in [3.63, 3.8) is 0 Å². The number of hydrogen-bond acceptors (Lipinski definition) is 4. The van der Waals surface area contributed by atoms with E-state index in [0.717, 1.165) is 12.8 Å². The number of carbonyl (C=O) groups is 1. The molecule has 2 aromatic carbocycles. The maximum absolute atomic E-state index is 12.8. The molecule has 0 atom stereocenters. The topological polar surface area (TPSA) is 79.6 Å². The Labute approximate surface area is 189 Å². The first-order chi connectivity index (χ1) is 15.5. The van der Waals surface area contributed by atoms with Crippen LogP contribution in [0.15, 0.2) is 76.0 Å². The van der Waals surface area contributed by atoms with Crippen molar-refractivity contribution in [2.24, 2.45) is 0 Å². The van der Waals surface area contributed by atoms with E-state index in [1.54, 1.807) is 6.92 Å². The summed E-state index contributed by atoms with van der Waals surface area (Å²) in [4.78, 5) is 12.8. The van der Waals surface area contributed by atoms with Gasteiger partial charge in [-0.25, -0.2) is 8.42 Å². The smallest absolute Gasteiger partial charge is 0.287 e. The van der Waals surface area contributed by atoms with Gasteiger partial charge in [-0.2, -0.15) is 4.31 Å². The molecule has 0 unspecified atom stereocenters. The lowest BCUT2D eigenvalue weighted by atomic mass is 9.88. The molecule has 3 aromatic rings. The Balaban J connectivity index is 1.44. The monoisotopic (exact) mass is 452 g/mol. The van der Waals surface area contributed by atoms with Crippen LogP contribution < -0.4 is 5.32 Å². The normalized spacial score (nSPS) is 14.7. The quantitative estimate of drug-likeness (QED) is 0.552. The van der Waals surface area contributed by atoms with Crippen LogP contribution in [0.3, 0.4) is 0 Å². The maximum atomic E-state index is 12.8. The van der Waals surface area contributed by atoms with Crippen molar-refractivity contribution < 1.29 is 17.6 Å². The van der Waals surface area contributed by atoms with Crippen LogP contribution in [0.5, 0.6) is 0 Å². The second kappa shape index (κ2) is 9.71. The molecule has 6 nitrogen and oxygen atoms in total. The number of nitrogens with zero attached hydrogens (tertiary/aromatic N) is 1. The Morgan fingerprint density at radius 1 is 1.00 bits per heavy atom. The predicted molar refractivity (Wildman–Crippen MR) is 123 cm³/mol. The summed E-state index contributed by atoms with van der Waals surface area (Å²) >= 11 is 0. The molecular formula is C25H28N2O4S. The highest BCUT2D eigenvalue weighted by atomic mass is 32.2. The second-order valence-electron chi connectivity index (χ2n) is 8.06. The molecule has 1 amide bonds. The summed E-state index contributed by atoms with van der Waals surface area (Å²) in [5.74, 6) is 0.00253. The number of benzene rings is 2. The lowest BCUT2D eigenvalue weighted by molar-refractivity contribution is 0.0923. The Morgan fingerprint density at radius 2 is 1.56 bits per heavy atom. The van der Waals surface area contributed by atoms with Crippen molar-refractivity contribution in [1.82, 2.24) is 9.62 Å². The summed E-state index contributed by atoms with van der Waals surface area (Å²) in [6, 6.07) is 21.7. The highest BCUT2D eigenvalue weighted by Gasteiger charge is 2.31. The molecule has 0 bridgehead atoms. The lowest BCUT2D eigenvalue weighted by Crippen LogP contribution is -2.28. The fourth-order valence-electron chi connectivity index (χ4n) is 4.21.